The Morgan fingerprint density at radius 2 is 2.28 bits per heavy atom. The van der Waals surface area contributed by atoms with Crippen molar-refractivity contribution in [3.05, 3.63) is 35.4 Å². The second-order valence-corrected chi connectivity index (χ2v) is 4.50. The number of amides is 1. The molecule has 1 fully saturated rings. The van der Waals surface area contributed by atoms with Gasteiger partial charge in [0.05, 0.1) is 18.2 Å². The van der Waals surface area contributed by atoms with Crippen LogP contribution in [-0.2, 0) is 0 Å². The molecule has 0 aliphatic heterocycles. The van der Waals surface area contributed by atoms with Crippen LogP contribution in [0.1, 0.15) is 35.2 Å². The van der Waals surface area contributed by atoms with E-state index in [0.29, 0.717) is 17.7 Å². The van der Waals surface area contributed by atoms with Crippen LogP contribution in [0, 0.1) is 11.3 Å². The van der Waals surface area contributed by atoms with E-state index in [-0.39, 0.29) is 18.6 Å². The van der Waals surface area contributed by atoms with Gasteiger partial charge in [-0.15, -0.1) is 0 Å². The Labute approximate surface area is 106 Å². The van der Waals surface area contributed by atoms with Crippen molar-refractivity contribution in [2.75, 3.05) is 13.2 Å². The van der Waals surface area contributed by atoms with Gasteiger partial charge in [-0.1, -0.05) is 6.07 Å². The minimum absolute atomic E-state index is 0.0276. The average Bonchev–Trinajstić information content (AvgIpc) is 2.35. The van der Waals surface area contributed by atoms with Crippen LogP contribution in [0.2, 0.25) is 0 Å². The summed E-state index contributed by atoms with van der Waals surface area (Å²) in [6.07, 6.45) is 3.14. The third kappa shape index (κ3) is 2.52. The van der Waals surface area contributed by atoms with E-state index in [2.05, 4.69) is 0 Å². The number of carbonyl (C=O) groups is 1. The van der Waals surface area contributed by atoms with Gasteiger partial charge in [-0.2, -0.15) is 5.26 Å². The lowest BCUT2D eigenvalue weighted by Crippen LogP contribution is -2.45. The molecule has 1 saturated carbocycles. The molecule has 0 spiro atoms. The summed E-state index contributed by atoms with van der Waals surface area (Å²) in [5.74, 6) is -0.0918. The number of hydrogen-bond donors (Lipinski definition) is 1. The smallest absolute Gasteiger partial charge is 0.254 e. The van der Waals surface area contributed by atoms with Crippen LogP contribution >= 0.6 is 0 Å². The van der Waals surface area contributed by atoms with Crippen molar-refractivity contribution in [1.82, 2.24) is 4.90 Å². The Balaban J connectivity index is 2.18. The van der Waals surface area contributed by atoms with Crippen LogP contribution in [0.5, 0.6) is 0 Å². The van der Waals surface area contributed by atoms with Crippen LogP contribution in [0.4, 0.5) is 0 Å². The molecule has 0 unspecified atom stereocenters. The third-order valence-electron chi connectivity index (χ3n) is 3.36. The Morgan fingerprint density at radius 3 is 2.83 bits per heavy atom. The third-order valence-corrected chi connectivity index (χ3v) is 3.36. The van der Waals surface area contributed by atoms with E-state index >= 15 is 0 Å². The van der Waals surface area contributed by atoms with Gasteiger partial charge in [0.25, 0.3) is 5.91 Å². The molecule has 18 heavy (non-hydrogen) atoms. The lowest BCUT2D eigenvalue weighted by Gasteiger charge is -2.37. The first-order valence-electron chi connectivity index (χ1n) is 6.18. The zero-order chi connectivity index (χ0) is 13.0. The lowest BCUT2D eigenvalue weighted by molar-refractivity contribution is 0.0526. The largest absolute Gasteiger partial charge is 0.395 e. The van der Waals surface area contributed by atoms with Gasteiger partial charge < -0.3 is 10.0 Å². The normalized spacial score (nSPS) is 14.7. The molecule has 0 radical (unpaired) electrons. The number of nitrogens with zero attached hydrogens (tertiary/aromatic N) is 2. The van der Waals surface area contributed by atoms with Crippen molar-refractivity contribution in [3.63, 3.8) is 0 Å². The van der Waals surface area contributed by atoms with Crippen LogP contribution < -0.4 is 0 Å². The maximum Gasteiger partial charge on any atom is 0.254 e. The summed E-state index contributed by atoms with van der Waals surface area (Å²) in [4.78, 5) is 14.1. The van der Waals surface area contributed by atoms with Crippen LogP contribution in [0.3, 0.4) is 0 Å². The van der Waals surface area contributed by atoms with E-state index in [4.69, 9.17) is 10.4 Å². The molecule has 1 aromatic rings. The monoisotopic (exact) mass is 244 g/mol. The second-order valence-electron chi connectivity index (χ2n) is 4.50. The lowest BCUT2D eigenvalue weighted by atomic mass is 9.91. The van der Waals surface area contributed by atoms with Crippen LogP contribution in [0.25, 0.3) is 0 Å². The average molecular weight is 244 g/mol. The first-order valence-corrected chi connectivity index (χ1v) is 6.18. The molecular formula is C14H16N2O2. The maximum absolute atomic E-state index is 12.3. The minimum Gasteiger partial charge on any atom is -0.395 e. The van der Waals surface area contributed by atoms with Gasteiger partial charge in [0, 0.05) is 18.2 Å². The molecule has 1 aliphatic rings. The summed E-state index contributed by atoms with van der Waals surface area (Å²) in [6.45, 7) is 0.334. The van der Waals surface area contributed by atoms with Gasteiger partial charge in [-0.3, -0.25) is 4.79 Å². The van der Waals surface area contributed by atoms with Gasteiger partial charge in [-0.05, 0) is 37.5 Å². The molecule has 1 amide bonds. The van der Waals surface area contributed by atoms with E-state index < -0.39 is 0 Å². The first-order chi connectivity index (χ1) is 8.76. The minimum atomic E-state index is -0.0918. The number of carbonyl (C=O) groups excluding carboxylic acids is 1. The van der Waals surface area contributed by atoms with E-state index in [0.717, 1.165) is 19.3 Å². The number of nitriles is 1. The Kier molecular flexibility index (Phi) is 3.96. The summed E-state index contributed by atoms with van der Waals surface area (Å²) in [6, 6.07) is 8.98. The fourth-order valence-electron chi connectivity index (χ4n) is 2.14. The van der Waals surface area contributed by atoms with Gasteiger partial charge in [0.15, 0.2) is 0 Å². The number of rotatable bonds is 4. The number of hydrogen-bond acceptors (Lipinski definition) is 3. The van der Waals surface area contributed by atoms with E-state index in [1.54, 1.807) is 29.2 Å². The standard InChI is InChI=1S/C14H16N2O2/c15-10-11-3-1-4-12(9-11)14(18)16(7-8-17)13-5-2-6-13/h1,3-4,9,13,17H,2,5-8H2. The van der Waals surface area contributed by atoms with Gasteiger partial charge in [-0.25, -0.2) is 0 Å². The molecular weight excluding hydrogens is 228 g/mol. The second kappa shape index (κ2) is 5.65. The fraction of sp³-hybridized carbons (Fsp3) is 0.429. The molecule has 4 heteroatoms. The predicted molar refractivity (Wildman–Crippen MR) is 66.9 cm³/mol. The molecule has 0 heterocycles. The molecule has 94 valence electrons. The fourth-order valence-corrected chi connectivity index (χ4v) is 2.14. The zero-order valence-electron chi connectivity index (χ0n) is 10.2. The van der Waals surface area contributed by atoms with Crippen LogP contribution in [-0.4, -0.2) is 35.1 Å². The summed E-state index contributed by atoms with van der Waals surface area (Å²) >= 11 is 0. The van der Waals surface area contributed by atoms with Crippen molar-refractivity contribution < 1.29 is 9.90 Å². The van der Waals surface area contributed by atoms with E-state index in [1.807, 2.05) is 6.07 Å². The highest BCUT2D eigenvalue weighted by molar-refractivity contribution is 5.94. The summed E-state index contributed by atoms with van der Waals surface area (Å²) in [7, 11) is 0. The van der Waals surface area contributed by atoms with Crippen LogP contribution in [0.15, 0.2) is 24.3 Å². The van der Waals surface area contributed by atoms with E-state index in [9.17, 15) is 4.79 Å². The molecule has 4 nitrogen and oxygen atoms in total. The number of aliphatic hydroxyl groups excluding tert-OH is 1. The quantitative estimate of drug-likeness (QED) is 0.873. The summed E-state index contributed by atoms with van der Waals surface area (Å²) in [5.41, 5.74) is 1.01. The molecule has 1 aliphatic carbocycles. The highest BCUT2D eigenvalue weighted by Crippen LogP contribution is 2.26. The first kappa shape index (κ1) is 12.6. The maximum atomic E-state index is 12.3. The molecule has 0 saturated heterocycles. The zero-order valence-corrected chi connectivity index (χ0v) is 10.2. The Bertz CT molecular complexity index is 475. The Morgan fingerprint density at radius 1 is 1.50 bits per heavy atom. The van der Waals surface area contributed by atoms with Gasteiger partial charge in [0.1, 0.15) is 0 Å². The van der Waals surface area contributed by atoms with Crippen molar-refractivity contribution in [3.8, 4) is 6.07 Å². The Hall–Kier alpha value is -1.86. The highest BCUT2D eigenvalue weighted by atomic mass is 16.3. The molecule has 0 atom stereocenters. The van der Waals surface area contributed by atoms with E-state index in [1.165, 1.54) is 0 Å². The van der Waals surface area contributed by atoms with Crippen molar-refractivity contribution in [1.29, 1.82) is 5.26 Å². The van der Waals surface area contributed by atoms with Crippen molar-refractivity contribution >= 4 is 5.91 Å². The van der Waals surface area contributed by atoms with Crippen molar-refractivity contribution in [2.24, 2.45) is 0 Å². The van der Waals surface area contributed by atoms with Crippen molar-refractivity contribution in [2.45, 2.75) is 25.3 Å². The number of aliphatic hydroxyl groups is 1. The van der Waals surface area contributed by atoms with Gasteiger partial charge >= 0.3 is 0 Å². The molecule has 1 aromatic carbocycles. The van der Waals surface area contributed by atoms with Gasteiger partial charge in [0.2, 0.25) is 0 Å². The predicted octanol–water partition coefficient (Wildman–Crippen LogP) is 1.55. The topological polar surface area (TPSA) is 64.3 Å². The summed E-state index contributed by atoms with van der Waals surface area (Å²) in [5, 5.41) is 17.9. The summed E-state index contributed by atoms with van der Waals surface area (Å²) < 4.78 is 0. The molecule has 1 N–H and O–H groups in total. The molecule has 0 aromatic heterocycles. The highest BCUT2D eigenvalue weighted by Gasteiger charge is 2.28. The molecule has 2 rings (SSSR count). The number of benzene rings is 1. The molecule has 0 bridgehead atoms. The SMILES string of the molecule is N#Cc1cccc(C(=O)N(CCO)C2CCC2)c1.